The van der Waals surface area contributed by atoms with Crippen LogP contribution in [-0.4, -0.2) is 34.5 Å². The van der Waals surface area contributed by atoms with E-state index in [4.69, 9.17) is 4.74 Å². The van der Waals surface area contributed by atoms with E-state index in [1.807, 2.05) is 0 Å². The lowest BCUT2D eigenvalue weighted by molar-refractivity contribution is 0.210. The van der Waals surface area contributed by atoms with Crippen LogP contribution < -0.4 is 9.46 Å². The highest BCUT2D eigenvalue weighted by atomic mass is 32.2. The molecule has 0 unspecified atom stereocenters. The largest absolute Gasteiger partial charge is 0.490 e. The first kappa shape index (κ1) is 23.4. The second kappa shape index (κ2) is 10.0. The van der Waals surface area contributed by atoms with Crippen molar-refractivity contribution < 1.29 is 21.6 Å². The van der Waals surface area contributed by atoms with Gasteiger partial charge in [-0.05, 0) is 73.7 Å². The zero-order valence-electron chi connectivity index (χ0n) is 18.0. The Balaban J connectivity index is 1.53. The molecule has 33 heavy (non-hydrogen) atoms. The van der Waals surface area contributed by atoms with Crippen LogP contribution in [0.25, 0.3) is 0 Å². The predicted molar refractivity (Wildman–Crippen MR) is 125 cm³/mol. The Morgan fingerprint density at radius 1 is 0.879 bits per heavy atom. The monoisotopic (exact) mass is 486 g/mol. The fourth-order valence-electron chi connectivity index (χ4n) is 3.91. The number of pyridine rings is 1. The highest BCUT2D eigenvalue weighted by Crippen LogP contribution is 2.29. The molecule has 7 nitrogen and oxygen atoms in total. The minimum atomic E-state index is -3.94. The number of sulfonamides is 1. The molecule has 174 valence electrons. The number of hydrogen-bond donors (Lipinski definition) is 1. The lowest BCUT2D eigenvalue weighted by Crippen LogP contribution is -2.32. The maximum atomic E-state index is 13.3. The standard InChI is InChI=1S/C24H26N2O5S2/c27-32(28,22-10-2-1-3-11-22)24(19-7-6-16-25-17-19)18-26-33(29,30)23-14-12-21(13-15-23)31-20-8-4-5-9-20/h1-3,6-7,10-17,20,24,26H,4-5,8-9,18H2/t24-/m0/s1. The molecule has 1 N–H and O–H groups in total. The minimum absolute atomic E-state index is 0.0447. The number of benzene rings is 2. The third-order valence-electron chi connectivity index (χ3n) is 5.70. The van der Waals surface area contributed by atoms with Crippen molar-refractivity contribution in [1.82, 2.24) is 9.71 Å². The zero-order chi connectivity index (χ0) is 23.3. The van der Waals surface area contributed by atoms with Crippen LogP contribution in [-0.2, 0) is 19.9 Å². The number of nitrogens with one attached hydrogen (secondary N) is 1. The molecule has 0 spiro atoms. The smallest absolute Gasteiger partial charge is 0.240 e. The summed E-state index contributed by atoms with van der Waals surface area (Å²) >= 11 is 0. The van der Waals surface area contributed by atoms with Crippen LogP contribution in [0.3, 0.4) is 0 Å². The van der Waals surface area contributed by atoms with Gasteiger partial charge in [0.15, 0.2) is 9.84 Å². The van der Waals surface area contributed by atoms with Crippen molar-refractivity contribution in [3.8, 4) is 5.75 Å². The summed E-state index contributed by atoms with van der Waals surface area (Å²) in [5.74, 6) is 0.626. The molecule has 2 aromatic carbocycles. The van der Waals surface area contributed by atoms with Gasteiger partial charge in [0, 0.05) is 18.9 Å². The van der Waals surface area contributed by atoms with Crippen LogP contribution in [0.5, 0.6) is 5.75 Å². The van der Waals surface area contributed by atoms with Gasteiger partial charge in [0.1, 0.15) is 11.0 Å². The van der Waals surface area contributed by atoms with E-state index in [-0.39, 0.29) is 22.4 Å². The third kappa shape index (κ3) is 5.61. The van der Waals surface area contributed by atoms with E-state index in [0.717, 1.165) is 25.7 Å². The molecule has 3 aromatic rings. The number of aromatic nitrogens is 1. The average molecular weight is 487 g/mol. The molecular formula is C24H26N2O5S2. The zero-order valence-corrected chi connectivity index (χ0v) is 19.6. The Labute approximate surface area is 194 Å². The molecule has 1 fully saturated rings. The topological polar surface area (TPSA) is 102 Å². The van der Waals surface area contributed by atoms with Crippen LogP contribution in [0.15, 0.2) is 88.9 Å². The number of nitrogens with zero attached hydrogens (tertiary/aromatic N) is 1. The van der Waals surface area contributed by atoms with Gasteiger partial charge in [0.2, 0.25) is 10.0 Å². The van der Waals surface area contributed by atoms with E-state index >= 15 is 0 Å². The SMILES string of the molecule is O=S(=O)(NC[C@@H](c1cccnc1)S(=O)(=O)c1ccccc1)c1ccc(OC2CCCC2)cc1. The molecule has 9 heteroatoms. The summed E-state index contributed by atoms with van der Waals surface area (Å²) in [6, 6.07) is 17.4. The summed E-state index contributed by atoms with van der Waals surface area (Å²) in [6.45, 7) is -0.328. The third-order valence-corrected chi connectivity index (χ3v) is 9.26. The van der Waals surface area contributed by atoms with Crippen LogP contribution >= 0.6 is 0 Å². The Morgan fingerprint density at radius 3 is 2.21 bits per heavy atom. The Kier molecular flexibility index (Phi) is 7.11. The van der Waals surface area contributed by atoms with Gasteiger partial charge < -0.3 is 4.74 Å². The van der Waals surface area contributed by atoms with Gasteiger partial charge in [0.05, 0.1) is 15.9 Å². The Hall–Kier alpha value is -2.75. The second-order valence-corrected chi connectivity index (χ2v) is 11.9. The van der Waals surface area contributed by atoms with Gasteiger partial charge in [-0.1, -0.05) is 24.3 Å². The van der Waals surface area contributed by atoms with Crippen LogP contribution in [0.2, 0.25) is 0 Å². The summed E-state index contributed by atoms with van der Waals surface area (Å²) in [7, 11) is -7.81. The van der Waals surface area contributed by atoms with E-state index in [9.17, 15) is 16.8 Å². The van der Waals surface area contributed by atoms with Crippen molar-refractivity contribution >= 4 is 19.9 Å². The van der Waals surface area contributed by atoms with Crippen LogP contribution in [0, 0.1) is 0 Å². The summed E-state index contributed by atoms with van der Waals surface area (Å²) < 4.78 is 60.8. The van der Waals surface area contributed by atoms with Gasteiger partial charge in [0.25, 0.3) is 0 Å². The van der Waals surface area contributed by atoms with Crippen molar-refractivity contribution in [3.63, 3.8) is 0 Å². The second-order valence-electron chi connectivity index (χ2n) is 7.98. The molecule has 0 amide bonds. The van der Waals surface area contributed by atoms with Crippen LogP contribution in [0.1, 0.15) is 36.5 Å². The van der Waals surface area contributed by atoms with E-state index < -0.39 is 25.1 Å². The fraction of sp³-hybridized carbons (Fsp3) is 0.292. The molecule has 1 saturated carbocycles. The lowest BCUT2D eigenvalue weighted by atomic mass is 10.2. The molecule has 0 aliphatic heterocycles. The van der Waals surface area contributed by atoms with E-state index in [2.05, 4.69) is 9.71 Å². The van der Waals surface area contributed by atoms with Crippen molar-refractivity contribution in [2.24, 2.45) is 0 Å². The maximum absolute atomic E-state index is 13.3. The first-order chi connectivity index (χ1) is 15.9. The van der Waals surface area contributed by atoms with Gasteiger partial charge in [-0.3, -0.25) is 4.98 Å². The van der Waals surface area contributed by atoms with Gasteiger partial charge >= 0.3 is 0 Å². The van der Waals surface area contributed by atoms with Gasteiger partial charge in [-0.2, -0.15) is 0 Å². The Bertz CT molecular complexity index is 1260. The predicted octanol–water partition coefficient (Wildman–Crippen LogP) is 3.90. The molecule has 0 bridgehead atoms. The minimum Gasteiger partial charge on any atom is -0.490 e. The van der Waals surface area contributed by atoms with Crippen LogP contribution in [0.4, 0.5) is 0 Å². The maximum Gasteiger partial charge on any atom is 0.240 e. The number of rotatable bonds is 9. The van der Waals surface area contributed by atoms with Crippen molar-refractivity contribution in [2.45, 2.75) is 46.8 Å². The lowest BCUT2D eigenvalue weighted by Gasteiger charge is -2.19. The van der Waals surface area contributed by atoms with Gasteiger partial charge in [-0.25, -0.2) is 21.6 Å². The molecular weight excluding hydrogens is 460 g/mol. The van der Waals surface area contributed by atoms with E-state index in [1.54, 1.807) is 42.5 Å². The molecule has 0 radical (unpaired) electrons. The van der Waals surface area contributed by atoms with E-state index in [1.165, 1.54) is 36.7 Å². The molecule has 1 aromatic heterocycles. The number of ether oxygens (including phenoxy) is 1. The molecule has 1 atom stereocenters. The normalized spacial score (nSPS) is 15.9. The highest BCUT2D eigenvalue weighted by Gasteiger charge is 2.31. The first-order valence-electron chi connectivity index (χ1n) is 10.8. The average Bonchev–Trinajstić information content (AvgIpc) is 3.34. The molecule has 0 saturated heterocycles. The van der Waals surface area contributed by atoms with Gasteiger partial charge in [-0.15, -0.1) is 0 Å². The number of sulfone groups is 1. The molecule has 1 heterocycles. The summed E-state index contributed by atoms with van der Waals surface area (Å²) in [4.78, 5) is 4.17. The van der Waals surface area contributed by atoms with Crippen molar-refractivity contribution in [3.05, 3.63) is 84.7 Å². The first-order valence-corrected chi connectivity index (χ1v) is 13.8. The van der Waals surface area contributed by atoms with Crippen molar-refractivity contribution in [2.75, 3.05) is 6.54 Å². The highest BCUT2D eigenvalue weighted by molar-refractivity contribution is 7.92. The Morgan fingerprint density at radius 2 is 1.58 bits per heavy atom. The molecule has 4 rings (SSSR count). The summed E-state index contributed by atoms with van der Waals surface area (Å²) in [5.41, 5.74) is 0.407. The summed E-state index contributed by atoms with van der Waals surface area (Å²) in [5, 5.41) is -1.13. The van der Waals surface area contributed by atoms with Crippen molar-refractivity contribution in [1.29, 1.82) is 0 Å². The number of hydrogen-bond acceptors (Lipinski definition) is 6. The molecule has 1 aliphatic rings. The molecule has 1 aliphatic carbocycles. The quantitative estimate of drug-likeness (QED) is 0.492. The van der Waals surface area contributed by atoms with E-state index in [0.29, 0.717) is 11.3 Å². The summed E-state index contributed by atoms with van der Waals surface area (Å²) in [6.07, 6.45) is 7.45. The fourth-order valence-corrected chi connectivity index (χ4v) is 6.73.